The van der Waals surface area contributed by atoms with Crippen molar-refractivity contribution in [3.63, 3.8) is 0 Å². The third kappa shape index (κ3) is 49.6. The van der Waals surface area contributed by atoms with Gasteiger partial charge in [0.15, 0.2) is 0 Å². The van der Waals surface area contributed by atoms with Crippen LogP contribution in [-0.2, 0) is 118 Å². The number of aliphatic carboxylic acids is 1. The lowest BCUT2D eigenvalue weighted by molar-refractivity contribution is -0.157. The van der Waals surface area contributed by atoms with Gasteiger partial charge in [-0.3, -0.25) is 76.8 Å². The number of carboxylic acid groups (broad SMARTS) is 1. The summed E-state index contributed by atoms with van der Waals surface area (Å²) in [6.07, 6.45) is -2.97. The van der Waals surface area contributed by atoms with Crippen LogP contribution in [0.1, 0.15) is 311 Å². The molecule has 41 heteroatoms. The molecule has 0 spiro atoms. The van der Waals surface area contributed by atoms with Gasteiger partial charge >= 0.3 is 24.0 Å². The van der Waals surface area contributed by atoms with Crippen LogP contribution in [-0.4, -0.2) is 272 Å². The SMILES string of the molecule is CC[C@H](C)[C@H](NC(=O)[C@H](COC(C)(C)C)NC(=O)[C@H](Cc1ccc(OC(C)(C)C)cc1)NC(=O)[C@H](CC(=O)OC(C)(C)C)NC(=O)[C@H](COC(C)(C)C)NC(=O)[C@@H](NC(=O)[C@](C)(CC)NC(=O)[C@@H](NC(=O)CNC(=O)[C@H](CCC(=O)OC(C)(C)C)NC(=O)C(C)(C)NC(=O)[C@H](Cc1ccc(OC(C)(C)C)cc1)N(C)C(=O)OC(C)(C)C)[C@@H](C)OC(C)(C)C)[C@@H](C)CC)C(=O)NC(C)(C)C(=O)N[C@@H](CCCCN)C(=O)O. The van der Waals surface area contributed by atoms with E-state index in [9.17, 15) is 57.8 Å². The number of likely N-dealkylation sites (N-methyl/N-ethyl adjacent to an activating group) is 1. The van der Waals surface area contributed by atoms with E-state index in [0.717, 1.165) is 4.90 Å². The quantitative estimate of drug-likeness (QED) is 0.0172. The normalized spacial score (nSPS) is 15.5. The first-order valence-electron chi connectivity index (χ1n) is 49.9. The van der Waals surface area contributed by atoms with Crippen LogP contribution in [0.4, 0.5) is 4.79 Å². The van der Waals surface area contributed by atoms with Gasteiger partial charge in [-0.1, -0.05) is 71.7 Å². The van der Waals surface area contributed by atoms with Gasteiger partial charge in [-0.15, -0.1) is 0 Å². The second-order valence-corrected chi connectivity index (χ2v) is 46.2. The summed E-state index contributed by atoms with van der Waals surface area (Å²) < 4.78 is 47.5. The van der Waals surface area contributed by atoms with Crippen molar-refractivity contribution in [3.8, 4) is 11.5 Å². The second kappa shape index (κ2) is 55.4. The maximum atomic E-state index is 15.4. The van der Waals surface area contributed by atoms with Crippen LogP contribution in [0.25, 0.3) is 0 Å². The Labute approximate surface area is 858 Å². The molecule has 0 unspecified atom stereocenters. The number of nitrogens with two attached hydrogens (primary N) is 1. The molecule has 0 saturated heterocycles. The molecule has 822 valence electrons. The summed E-state index contributed by atoms with van der Waals surface area (Å²) in [5.41, 5.74) is -6.19. The Morgan fingerprint density at radius 2 is 0.786 bits per heavy atom. The molecule has 14 atom stereocenters. The van der Waals surface area contributed by atoms with E-state index in [1.54, 1.807) is 208 Å². The van der Waals surface area contributed by atoms with Crippen molar-refractivity contribution in [3.05, 3.63) is 59.7 Å². The first-order chi connectivity index (χ1) is 66.1. The molecule has 0 aliphatic rings. The number of esters is 2. The standard InChI is InChI=1S/C104H175N15O26/c1-37-60(4)77(115-92(136)104(35,39-3)118-88(131)79(62(6)140-96(13,14)15)113-74(120)57-106-80(123)67(51-52-75(121)143-99(22,23)24)111-90(134)102(31,32)116-85(128)73(119(36)93(137)145-101(28,29)30)55-64-45-49-66(50-46-64)142-98(19,20)21)86(129)110-71(58-138-94(7,8)9)83(126)108-70(56-76(122)144-100(25,26)27)82(125)107-69(54-63-43-47-65(48-44-63)141-97(16,17)18)81(124)109-72(59-139-95(10,11)12)84(127)114-78(61(5)38-2)87(130)117-103(33,34)91(135)112-68(89(132)133)42-40-41-53-105/h43-50,60-62,67-73,77-79H,37-42,51-59,105H2,1-36H3,(H,106,123)(H,107,125)(H,108,126)(H,109,124)(H,110,129)(H,111,134)(H,112,135)(H,113,120)(H,114,127)(H,115,136)(H,116,128)(H,117,130)(H,118,131)(H,132,133)/t60-,61-,62+,67-,68-,69-,70-,71-,72-,73-,77-,78-,79-,104-/m0/s1. The maximum Gasteiger partial charge on any atom is 0.410 e. The van der Waals surface area contributed by atoms with Gasteiger partial charge in [0.05, 0.1) is 49.1 Å². The molecular formula is C104H175N15O26. The lowest BCUT2D eigenvalue weighted by Crippen LogP contribution is -2.66. The zero-order valence-corrected chi connectivity index (χ0v) is 92.9. The van der Waals surface area contributed by atoms with Crippen molar-refractivity contribution in [2.75, 3.05) is 33.4 Å². The number of hydrogen-bond donors (Lipinski definition) is 15. The molecule has 2 aromatic carbocycles. The monoisotopic (exact) mass is 2050 g/mol. The smallest absolute Gasteiger partial charge is 0.410 e. The Morgan fingerprint density at radius 3 is 1.22 bits per heavy atom. The van der Waals surface area contributed by atoms with Crippen molar-refractivity contribution in [1.29, 1.82) is 0 Å². The van der Waals surface area contributed by atoms with Crippen LogP contribution in [0.5, 0.6) is 11.5 Å². The van der Waals surface area contributed by atoms with Gasteiger partial charge in [-0.05, 0) is 294 Å². The van der Waals surface area contributed by atoms with Gasteiger partial charge in [0.25, 0.3) is 0 Å². The van der Waals surface area contributed by atoms with E-state index >= 15 is 28.8 Å². The van der Waals surface area contributed by atoms with Crippen LogP contribution >= 0.6 is 0 Å². The van der Waals surface area contributed by atoms with E-state index in [-0.39, 0.29) is 38.5 Å². The fourth-order valence-corrected chi connectivity index (χ4v) is 13.9. The van der Waals surface area contributed by atoms with Crippen LogP contribution in [0.15, 0.2) is 48.5 Å². The minimum Gasteiger partial charge on any atom is -0.488 e. The van der Waals surface area contributed by atoms with Crippen LogP contribution in [0.2, 0.25) is 0 Å². The number of amides is 14. The minimum absolute atomic E-state index is 0.0520. The van der Waals surface area contributed by atoms with Gasteiger partial charge < -0.3 is 118 Å². The predicted octanol–water partition coefficient (Wildman–Crippen LogP) is 7.61. The van der Waals surface area contributed by atoms with Crippen molar-refractivity contribution in [1.82, 2.24) is 74.0 Å². The van der Waals surface area contributed by atoms with E-state index in [4.69, 9.17) is 43.6 Å². The summed E-state index contributed by atoms with van der Waals surface area (Å²) in [6.45, 7) is 55.5. The zero-order valence-electron chi connectivity index (χ0n) is 92.9. The molecule has 0 aliphatic heterocycles. The zero-order chi connectivity index (χ0) is 112. The lowest BCUT2D eigenvalue weighted by Gasteiger charge is -2.36. The van der Waals surface area contributed by atoms with Crippen LogP contribution in [0, 0.1) is 11.8 Å². The maximum absolute atomic E-state index is 15.4. The fourth-order valence-electron chi connectivity index (χ4n) is 13.9. The number of carboxylic acids is 1. The lowest BCUT2D eigenvalue weighted by atomic mass is 9.93. The van der Waals surface area contributed by atoms with Gasteiger partial charge in [0, 0.05) is 26.3 Å². The van der Waals surface area contributed by atoms with Crippen LogP contribution in [0.3, 0.4) is 0 Å². The summed E-state index contributed by atoms with van der Waals surface area (Å²) in [6, 6.07) is -2.51. The number of carbonyl (C=O) groups is 17. The number of nitrogens with zero attached hydrogens (tertiary/aromatic N) is 1. The average Bonchev–Trinajstić information content (AvgIpc) is 0.818. The van der Waals surface area contributed by atoms with E-state index in [1.165, 1.54) is 48.6 Å². The number of nitrogens with one attached hydrogen (secondary N) is 13. The Hall–Kier alpha value is -11.3. The number of carbonyl (C=O) groups excluding carboxylic acids is 16. The topological polar surface area (TPSA) is 570 Å². The summed E-state index contributed by atoms with van der Waals surface area (Å²) >= 11 is 0. The Bertz CT molecular complexity index is 4680. The molecule has 0 bridgehead atoms. The number of rotatable bonds is 54. The highest BCUT2D eigenvalue weighted by Crippen LogP contribution is 2.27. The third-order valence-electron chi connectivity index (χ3n) is 22.2. The molecule has 2 aromatic rings. The Morgan fingerprint density at radius 1 is 0.379 bits per heavy atom. The van der Waals surface area contributed by atoms with Gasteiger partial charge in [0.2, 0.25) is 76.8 Å². The number of ether oxygens (including phenoxy) is 8. The fraction of sp³-hybridized carbons (Fsp3) is 0.721. The van der Waals surface area contributed by atoms with E-state index in [0.29, 0.717) is 42.0 Å². The summed E-state index contributed by atoms with van der Waals surface area (Å²) in [5.74, 6) is -16.1. The van der Waals surface area contributed by atoms with Gasteiger partial charge in [0.1, 0.15) is 117 Å². The molecule has 0 fully saturated rings. The molecule has 14 amide bonds. The Kier molecular flexibility index (Phi) is 49.6. The molecule has 41 nitrogen and oxygen atoms in total. The summed E-state index contributed by atoms with van der Waals surface area (Å²) in [7, 11) is 1.37. The summed E-state index contributed by atoms with van der Waals surface area (Å²) in [5, 5.41) is 44.3. The molecule has 2 rings (SSSR count). The summed E-state index contributed by atoms with van der Waals surface area (Å²) in [4.78, 5) is 247. The van der Waals surface area contributed by atoms with Crippen molar-refractivity contribution < 1.29 is 125 Å². The van der Waals surface area contributed by atoms with Crippen molar-refractivity contribution in [2.45, 2.75) is 441 Å². The molecule has 16 N–H and O–H groups in total. The predicted molar refractivity (Wildman–Crippen MR) is 547 cm³/mol. The molecule has 0 aromatic heterocycles. The van der Waals surface area contributed by atoms with Gasteiger partial charge in [-0.25, -0.2) is 9.59 Å². The molecule has 0 heterocycles. The van der Waals surface area contributed by atoms with E-state index in [1.807, 2.05) is 41.5 Å². The number of hydrogen-bond acceptors (Lipinski definition) is 26. The van der Waals surface area contributed by atoms with Crippen LogP contribution < -0.4 is 84.3 Å². The molecular weight excluding hydrogens is 1880 g/mol. The highest BCUT2D eigenvalue weighted by Gasteiger charge is 2.46. The molecule has 145 heavy (non-hydrogen) atoms. The third-order valence-corrected chi connectivity index (χ3v) is 22.2. The van der Waals surface area contributed by atoms with E-state index < -0.39 is 280 Å². The number of unbranched alkanes of at least 4 members (excludes halogenated alkanes) is 1. The molecule has 0 aliphatic carbocycles. The van der Waals surface area contributed by atoms with E-state index in [2.05, 4.69) is 69.1 Å². The van der Waals surface area contributed by atoms with Crippen molar-refractivity contribution >= 4 is 101 Å². The number of benzene rings is 2. The first kappa shape index (κ1) is 130. The second-order valence-electron chi connectivity index (χ2n) is 46.2. The average molecular weight is 2050 g/mol. The highest BCUT2D eigenvalue weighted by atomic mass is 16.6. The minimum atomic E-state index is -1.95. The molecule has 0 radical (unpaired) electrons. The molecule has 0 saturated carbocycles. The largest absolute Gasteiger partial charge is 0.488 e. The first-order valence-corrected chi connectivity index (χ1v) is 49.9. The van der Waals surface area contributed by atoms with Crippen molar-refractivity contribution in [2.24, 2.45) is 17.6 Å². The van der Waals surface area contributed by atoms with Gasteiger partial charge in [-0.2, -0.15) is 0 Å². The highest BCUT2D eigenvalue weighted by molar-refractivity contribution is 6.02. The Balaban J connectivity index is 2.80.